The van der Waals surface area contributed by atoms with Crippen molar-refractivity contribution < 1.29 is 23.7 Å². The van der Waals surface area contributed by atoms with E-state index in [1.165, 1.54) is 14.2 Å². The number of methoxy groups -OCH3 is 2. The SMILES string of the molecule is CCOc1cccc(OCC(=O)Nc2cc(OC)c(Cl)cc2OC)c1. The van der Waals surface area contributed by atoms with Gasteiger partial charge in [0.15, 0.2) is 6.61 Å². The lowest BCUT2D eigenvalue weighted by molar-refractivity contribution is -0.118. The zero-order chi connectivity index (χ0) is 18.2. The second-order valence-electron chi connectivity index (χ2n) is 4.93. The predicted octanol–water partition coefficient (Wildman–Crippen LogP) is 3.77. The molecule has 2 aromatic rings. The molecule has 0 aromatic heterocycles. The standard InChI is InChI=1S/C18H20ClNO5/c1-4-24-12-6-5-7-13(8-12)25-11-18(21)20-15-10-16(22-2)14(19)9-17(15)23-3/h5-10H,4,11H2,1-3H3,(H,20,21). The van der Waals surface area contributed by atoms with Gasteiger partial charge in [0.25, 0.3) is 5.91 Å². The van der Waals surface area contributed by atoms with Gasteiger partial charge < -0.3 is 24.3 Å². The third kappa shape index (κ3) is 5.19. The number of ether oxygens (including phenoxy) is 4. The van der Waals surface area contributed by atoms with E-state index in [0.29, 0.717) is 40.3 Å². The van der Waals surface area contributed by atoms with Gasteiger partial charge in [-0.2, -0.15) is 0 Å². The van der Waals surface area contributed by atoms with Crippen molar-refractivity contribution in [3.05, 3.63) is 41.4 Å². The molecule has 0 aliphatic rings. The van der Waals surface area contributed by atoms with Crippen molar-refractivity contribution in [2.24, 2.45) is 0 Å². The molecule has 0 spiro atoms. The Morgan fingerprint density at radius 1 is 1.04 bits per heavy atom. The smallest absolute Gasteiger partial charge is 0.262 e. The van der Waals surface area contributed by atoms with Crippen molar-refractivity contribution in [2.75, 3.05) is 32.8 Å². The third-order valence-corrected chi connectivity index (χ3v) is 3.53. The van der Waals surface area contributed by atoms with Crippen LogP contribution in [-0.4, -0.2) is 33.3 Å². The number of halogens is 1. The van der Waals surface area contributed by atoms with Gasteiger partial charge in [0.1, 0.15) is 23.0 Å². The molecule has 134 valence electrons. The summed E-state index contributed by atoms with van der Waals surface area (Å²) in [4.78, 5) is 12.2. The maximum atomic E-state index is 12.2. The van der Waals surface area contributed by atoms with Crippen LogP contribution in [0, 0.1) is 0 Å². The fourth-order valence-corrected chi connectivity index (χ4v) is 2.34. The van der Waals surface area contributed by atoms with Crippen LogP contribution in [0.1, 0.15) is 6.92 Å². The summed E-state index contributed by atoms with van der Waals surface area (Å²) >= 11 is 6.04. The second-order valence-corrected chi connectivity index (χ2v) is 5.34. The van der Waals surface area contributed by atoms with Crippen LogP contribution in [0.15, 0.2) is 36.4 Å². The van der Waals surface area contributed by atoms with Crippen LogP contribution >= 0.6 is 11.6 Å². The van der Waals surface area contributed by atoms with Crippen molar-refractivity contribution >= 4 is 23.2 Å². The van der Waals surface area contributed by atoms with Gasteiger partial charge in [0.05, 0.1) is 31.5 Å². The molecule has 0 saturated heterocycles. The van der Waals surface area contributed by atoms with E-state index in [4.69, 9.17) is 30.5 Å². The Morgan fingerprint density at radius 2 is 1.72 bits per heavy atom. The van der Waals surface area contributed by atoms with Gasteiger partial charge >= 0.3 is 0 Å². The quantitative estimate of drug-likeness (QED) is 0.771. The molecular weight excluding hydrogens is 346 g/mol. The highest BCUT2D eigenvalue weighted by Crippen LogP contribution is 2.35. The summed E-state index contributed by atoms with van der Waals surface area (Å²) in [6.07, 6.45) is 0. The predicted molar refractivity (Wildman–Crippen MR) is 96.3 cm³/mol. The lowest BCUT2D eigenvalue weighted by atomic mass is 10.2. The van der Waals surface area contributed by atoms with E-state index in [-0.39, 0.29) is 12.5 Å². The van der Waals surface area contributed by atoms with Crippen molar-refractivity contribution in [1.82, 2.24) is 0 Å². The highest BCUT2D eigenvalue weighted by Gasteiger charge is 2.13. The molecule has 6 nitrogen and oxygen atoms in total. The van der Waals surface area contributed by atoms with E-state index in [9.17, 15) is 4.79 Å². The summed E-state index contributed by atoms with van der Waals surface area (Å²) < 4.78 is 21.3. The Balaban J connectivity index is 2.02. The first-order valence-corrected chi connectivity index (χ1v) is 8.02. The molecule has 0 bridgehead atoms. The maximum absolute atomic E-state index is 12.2. The normalized spacial score (nSPS) is 10.1. The molecule has 0 fully saturated rings. The monoisotopic (exact) mass is 365 g/mol. The number of hydrogen-bond donors (Lipinski definition) is 1. The van der Waals surface area contributed by atoms with Gasteiger partial charge in [-0.05, 0) is 19.1 Å². The molecule has 2 rings (SSSR count). The number of carbonyl (C=O) groups is 1. The van der Waals surface area contributed by atoms with E-state index >= 15 is 0 Å². The maximum Gasteiger partial charge on any atom is 0.262 e. The van der Waals surface area contributed by atoms with Crippen LogP contribution < -0.4 is 24.3 Å². The average molecular weight is 366 g/mol. The minimum atomic E-state index is -0.343. The highest BCUT2D eigenvalue weighted by atomic mass is 35.5. The van der Waals surface area contributed by atoms with Gasteiger partial charge in [-0.3, -0.25) is 4.79 Å². The topological polar surface area (TPSA) is 66.0 Å². The number of benzene rings is 2. The molecular formula is C18H20ClNO5. The molecule has 1 N–H and O–H groups in total. The van der Waals surface area contributed by atoms with Crippen LogP contribution in [0.25, 0.3) is 0 Å². The van der Waals surface area contributed by atoms with Crippen LogP contribution in [0.4, 0.5) is 5.69 Å². The Morgan fingerprint density at radius 3 is 2.36 bits per heavy atom. The van der Waals surface area contributed by atoms with Crippen LogP contribution in [0.2, 0.25) is 5.02 Å². The zero-order valence-electron chi connectivity index (χ0n) is 14.3. The molecule has 0 aliphatic carbocycles. The van der Waals surface area contributed by atoms with Gasteiger partial charge in [0, 0.05) is 18.2 Å². The minimum absolute atomic E-state index is 0.163. The van der Waals surface area contributed by atoms with Crippen LogP contribution in [0.5, 0.6) is 23.0 Å². The molecule has 0 atom stereocenters. The van der Waals surface area contributed by atoms with E-state index < -0.39 is 0 Å². The average Bonchev–Trinajstić information content (AvgIpc) is 2.61. The molecule has 2 aromatic carbocycles. The summed E-state index contributed by atoms with van der Waals surface area (Å²) in [5.74, 6) is 1.75. The van der Waals surface area contributed by atoms with E-state index in [0.717, 1.165) is 0 Å². The Kier molecular flexibility index (Phi) is 6.77. The molecule has 0 aliphatic heterocycles. The summed E-state index contributed by atoms with van der Waals surface area (Å²) in [6, 6.07) is 10.3. The number of anilines is 1. The fraction of sp³-hybridized carbons (Fsp3) is 0.278. The first kappa shape index (κ1) is 18.7. The largest absolute Gasteiger partial charge is 0.495 e. The van der Waals surface area contributed by atoms with Crippen LogP contribution in [0.3, 0.4) is 0 Å². The van der Waals surface area contributed by atoms with E-state index in [1.54, 1.807) is 30.3 Å². The summed E-state index contributed by atoms with van der Waals surface area (Å²) in [7, 11) is 2.98. The van der Waals surface area contributed by atoms with Gasteiger partial charge in [0.2, 0.25) is 0 Å². The zero-order valence-corrected chi connectivity index (χ0v) is 15.1. The Bertz CT molecular complexity index is 735. The number of amides is 1. The first-order valence-electron chi connectivity index (χ1n) is 7.64. The minimum Gasteiger partial charge on any atom is -0.495 e. The van der Waals surface area contributed by atoms with Gasteiger partial charge in [-0.15, -0.1) is 0 Å². The number of carbonyl (C=O) groups excluding carboxylic acids is 1. The summed E-state index contributed by atoms with van der Waals surface area (Å²) in [6.45, 7) is 2.29. The molecule has 0 saturated carbocycles. The number of nitrogens with one attached hydrogen (secondary N) is 1. The van der Waals surface area contributed by atoms with Gasteiger partial charge in [-0.25, -0.2) is 0 Å². The molecule has 0 unspecified atom stereocenters. The van der Waals surface area contributed by atoms with Crippen molar-refractivity contribution in [1.29, 1.82) is 0 Å². The molecule has 25 heavy (non-hydrogen) atoms. The second kappa shape index (κ2) is 9.03. The fourth-order valence-electron chi connectivity index (χ4n) is 2.11. The molecule has 7 heteroatoms. The molecule has 0 radical (unpaired) electrons. The first-order chi connectivity index (χ1) is 12.1. The van der Waals surface area contributed by atoms with Crippen molar-refractivity contribution in [3.8, 4) is 23.0 Å². The Hall–Kier alpha value is -2.60. The molecule has 0 heterocycles. The number of hydrogen-bond acceptors (Lipinski definition) is 5. The van der Waals surface area contributed by atoms with E-state index in [2.05, 4.69) is 5.32 Å². The lowest BCUT2D eigenvalue weighted by Gasteiger charge is -2.13. The third-order valence-electron chi connectivity index (χ3n) is 3.23. The number of rotatable bonds is 8. The molecule has 1 amide bonds. The highest BCUT2D eigenvalue weighted by molar-refractivity contribution is 6.32. The van der Waals surface area contributed by atoms with E-state index in [1.807, 2.05) is 13.0 Å². The lowest BCUT2D eigenvalue weighted by Crippen LogP contribution is -2.20. The summed E-state index contributed by atoms with van der Waals surface area (Å²) in [5.41, 5.74) is 0.445. The van der Waals surface area contributed by atoms with Crippen LogP contribution in [-0.2, 0) is 4.79 Å². The van der Waals surface area contributed by atoms with Crippen molar-refractivity contribution in [3.63, 3.8) is 0 Å². The van der Waals surface area contributed by atoms with Gasteiger partial charge in [-0.1, -0.05) is 17.7 Å². The van der Waals surface area contributed by atoms with Crippen molar-refractivity contribution in [2.45, 2.75) is 6.92 Å². The Labute approximate surface area is 151 Å². The summed E-state index contributed by atoms with van der Waals surface area (Å²) in [5, 5.41) is 3.10.